The van der Waals surface area contributed by atoms with Gasteiger partial charge in [0.15, 0.2) is 0 Å². The van der Waals surface area contributed by atoms with Crippen LogP contribution in [0.15, 0.2) is 131 Å². The Morgan fingerprint density at radius 3 is 2.36 bits per heavy atom. The van der Waals surface area contributed by atoms with Crippen LogP contribution in [0.1, 0.15) is 42.4 Å². The molecule has 1 aliphatic heterocycles. The van der Waals surface area contributed by atoms with E-state index in [0.717, 1.165) is 59.1 Å². The SMILES string of the molecule is C1=CC2=C(CC1)Oc1ccccc1C21C2=C(CCC=C2)c2ccc(-c3ccc4c(c3)oc3ccccc34)cc21. The summed E-state index contributed by atoms with van der Waals surface area (Å²) in [7, 11) is 0. The average molecular weight is 503 g/mol. The quantitative estimate of drug-likeness (QED) is 0.228. The molecule has 2 heteroatoms. The molecule has 1 spiro atoms. The van der Waals surface area contributed by atoms with Gasteiger partial charge in [0.25, 0.3) is 0 Å². The number of allylic oxidation sites excluding steroid dienone is 8. The summed E-state index contributed by atoms with van der Waals surface area (Å²) in [5.41, 5.74) is 12.1. The lowest BCUT2D eigenvalue weighted by molar-refractivity contribution is 0.363. The van der Waals surface area contributed by atoms with E-state index in [9.17, 15) is 0 Å². The summed E-state index contributed by atoms with van der Waals surface area (Å²) in [4.78, 5) is 0. The molecule has 3 aliphatic carbocycles. The van der Waals surface area contributed by atoms with Gasteiger partial charge >= 0.3 is 0 Å². The zero-order valence-electron chi connectivity index (χ0n) is 21.5. The number of ether oxygens (including phenoxy) is 1. The van der Waals surface area contributed by atoms with Crippen molar-refractivity contribution in [3.05, 3.63) is 143 Å². The number of fused-ring (bicyclic) bond motifs is 10. The van der Waals surface area contributed by atoms with Gasteiger partial charge in [0.05, 0.1) is 5.41 Å². The standard InChI is InChI=1S/C37H26O2/c1-3-11-29-25(9-1)26-19-17-23(24-18-20-28-27-10-2-6-14-33(27)38-36(28)22-24)21-32(26)37(29)30-12-4-7-15-34(30)39-35-16-8-5-13-31(35)37/h2-7,10-15,17-22H,1,8-9,16H2. The lowest BCUT2D eigenvalue weighted by Gasteiger charge is -2.42. The van der Waals surface area contributed by atoms with Crippen LogP contribution in [0.2, 0.25) is 0 Å². The fourth-order valence-corrected chi connectivity index (χ4v) is 7.45. The Hall–Kier alpha value is -4.56. The van der Waals surface area contributed by atoms with Crippen LogP contribution in [0, 0.1) is 0 Å². The molecule has 4 aromatic carbocycles. The molecular formula is C37H26O2. The summed E-state index contributed by atoms with van der Waals surface area (Å²) in [6.45, 7) is 0. The van der Waals surface area contributed by atoms with Crippen molar-refractivity contribution in [1.82, 2.24) is 0 Å². The van der Waals surface area contributed by atoms with E-state index in [1.807, 2.05) is 12.1 Å². The van der Waals surface area contributed by atoms with Crippen molar-refractivity contribution < 1.29 is 9.15 Å². The fourth-order valence-electron chi connectivity index (χ4n) is 7.45. The second-order valence-corrected chi connectivity index (χ2v) is 11.0. The molecule has 186 valence electrons. The lowest BCUT2D eigenvalue weighted by atomic mass is 9.63. The summed E-state index contributed by atoms with van der Waals surface area (Å²) < 4.78 is 12.8. The molecule has 4 aliphatic rings. The highest BCUT2D eigenvalue weighted by atomic mass is 16.5. The second-order valence-electron chi connectivity index (χ2n) is 11.0. The molecule has 0 bridgehead atoms. The van der Waals surface area contributed by atoms with Crippen molar-refractivity contribution in [1.29, 1.82) is 0 Å². The molecule has 0 saturated heterocycles. The van der Waals surface area contributed by atoms with Crippen molar-refractivity contribution in [2.45, 2.75) is 31.1 Å². The van der Waals surface area contributed by atoms with Gasteiger partial charge in [-0.05, 0) is 83.0 Å². The summed E-state index contributed by atoms with van der Waals surface area (Å²) in [6.07, 6.45) is 13.5. The van der Waals surface area contributed by atoms with Gasteiger partial charge in [-0.3, -0.25) is 0 Å². The molecular weight excluding hydrogens is 476 g/mol. The zero-order valence-corrected chi connectivity index (χ0v) is 21.5. The highest BCUT2D eigenvalue weighted by molar-refractivity contribution is 6.06. The third-order valence-corrected chi connectivity index (χ3v) is 9.09. The summed E-state index contributed by atoms with van der Waals surface area (Å²) in [5.74, 6) is 2.10. The Morgan fingerprint density at radius 1 is 0.615 bits per heavy atom. The van der Waals surface area contributed by atoms with E-state index in [4.69, 9.17) is 9.15 Å². The molecule has 0 radical (unpaired) electrons. The van der Waals surface area contributed by atoms with E-state index in [2.05, 4.69) is 97.1 Å². The molecule has 2 heterocycles. The maximum Gasteiger partial charge on any atom is 0.136 e. The van der Waals surface area contributed by atoms with Crippen LogP contribution < -0.4 is 4.74 Å². The Bertz CT molecular complexity index is 1990. The van der Waals surface area contributed by atoms with Gasteiger partial charge in [0.2, 0.25) is 0 Å². The molecule has 1 unspecified atom stereocenters. The maximum absolute atomic E-state index is 6.58. The van der Waals surface area contributed by atoms with Gasteiger partial charge in [-0.25, -0.2) is 0 Å². The largest absolute Gasteiger partial charge is 0.461 e. The Labute approximate surface area is 227 Å². The first-order chi connectivity index (χ1) is 19.3. The minimum atomic E-state index is -0.359. The van der Waals surface area contributed by atoms with Crippen molar-refractivity contribution in [2.24, 2.45) is 0 Å². The first kappa shape index (κ1) is 21.4. The molecule has 0 saturated carbocycles. The predicted molar refractivity (Wildman–Crippen MR) is 158 cm³/mol. The second kappa shape index (κ2) is 7.74. The van der Waals surface area contributed by atoms with Crippen molar-refractivity contribution >= 4 is 27.5 Å². The third kappa shape index (κ3) is 2.76. The Kier molecular flexibility index (Phi) is 4.24. The summed E-state index contributed by atoms with van der Waals surface area (Å²) in [5, 5.41) is 2.33. The highest BCUT2D eigenvalue weighted by Crippen LogP contribution is 2.62. The average Bonchev–Trinajstić information content (AvgIpc) is 3.51. The van der Waals surface area contributed by atoms with Crippen LogP contribution in [0.5, 0.6) is 5.75 Å². The number of rotatable bonds is 1. The molecule has 9 rings (SSSR count). The smallest absolute Gasteiger partial charge is 0.136 e. The van der Waals surface area contributed by atoms with Crippen molar-refractivity contribution in [2.75, 3.05) is 0 Å². The van der Waals surface area contributed by atoms with Crippen molar-refractivity contribution in [3.8, 4) is 16.9 Å². The molecule has 1 aromatic heterocycles. The minimum Gasteiger partial charge on any atom is -0.461 e. The van der Waals surface area contributed by atoms with E-state index in [0.29, 0.717) is 0 Å². The molecule has 5 aromatic rings. The van der Waals surface area contributed by atoms with Gasteiger partial charge in [0.1, 0.15) is 22.7 Å². The first-order valence-corrected chi connectivity index (χ1v) is 14.0. The minimum absolute atomic E-state index is 0.359. The van der Waals surface area contributed by atoms with Crippen LogP contribution in [-0.2, 0) is 5.41 Å². The van der Waals surface area contributed by atoms with Gasteiger partial charge in [-0.1, -0.05) is 78.9 Å². The van der Waals surface area contributed by atoms with Crippen LogP contribution in [0.3, 0.4) is 0 Å². The molecule has 0 N–H and O–H groups in total. The van der Waals surface area contributed by atoms with E-state index in [-0.39, 0.29) is 5.41 Å². The van der Waals surface area contributed by atoms with Gasteiger partial charge < -0.3 is 9.15 Å². The lowest BCUT2D eigenvalue weighted by Crippen LogP contribution is -2.35. The fraction of sp³-hybridized carbons (Fsp3) is 0.135. The van der Waals surface area contributed by atoms with Gasteiger partial charge in [0, 0.05) is 28.3 Å². The number of hydrogen-bond acceptors (Lipinski definition) is 2. The Morgan fingerprint density at radius 2 is 1.38 bits per heavy atom. The van der Waals surface area contributed by atoms with Gasteiger partial charge in [-0.2, -0.15) is 0 Å². The first-order valence-electron chi connectivity index (χ1n) is 14.0. The molecule has 1 atom stereocenters. The van der Waals surface area contributed by atoms with E-state index >= 15 is 0 Å². The summed E-state index contributed by atoms with van der Waals surface area (Å²) in [6, 6.07) is 30.7. The van der Waals surface area contributed by atoms with E-state index in [1.165, 1.54) is 44.5 Å². The Balaban J connectivity index is 1.32. The molecule has 0 fully saturated rings. The van der Waals surface area contributed by atoms with E-state index < -0.39 is 0 Å². The highest BCUT2D eigenvalue weighted by Gasteiger charge is 2.52. The van der Waals surface area contributed by atoms with Crippen LogP contribution in [0.25, 0.3) is 38.6 Å². The van der Waals surface area contributed by atoms with E-state index in [1.54, 1.807) is 0 Å². The van der Waals surface area contributed by atoms with Crippen LogP contribution >= 0.6 is 0 Å². The predicted octanol–water partition coefficient (Wildman–Crippen LogP) is 9.65. The maximum atomic E-state index is 6.58. The monoisotopic (exact) mass is 502 g/mol. The number of furan rings is 1. The van der Waals surface area contributed by atoms with Crippen molar-refractivity contribution in [3.63, 3.8) is 0 Å². The zero-order chi connectivity index (χ0) is 25.6. The third-order valence-electron chi connectivity index (χ3n) is 9.09. The topological polar surface area (TPSA) is 22.4 Å². The molecule has 39 heavy (non-hydrogen) atoms. The molecule has 2 nitrogen and oxygen atoms in total. The number of para-hydroxylation sites is 2. The normalized spacial score (nSPS) is 20.8. The van der Waals surface area contributed by atoms with Crippen LogP contribution in [0.4, 0.5) is 0 Å². The molecule has 0 amide bonds. The number of benzene rings is 4. The van der Waals surface area contributed by atoms with Crippen LogP contribution in [-0.4, -0.2) is 0 Å². The number of hydrogen-bond donors (Lipinski definition) is 0. The summed E-state index contributed by atoms with van der Waals surface area (Å²) >= 11 is 0. The van der Waals surface area contributed by atoms with Gasteiger partial charge in [-0.15, -0.1) is 0 Å².